The number of thiophene rings is 1. The lowest BCUT2D eigenvalue weighted by Crippen LogP contribution is -2.21. The van der Waals surface area contributed by atoms with Crippen LogP contribution in [0.25, 0.3) is 0 Å². The predicted molar refractivity (Wildman–Crippen MR) is 72.0 cm³/mol. The van der Waals surface area contributed by atoms with Gasteiger partial charge in [-0.3, -0.25) is 9.48 Å². The lowest BCUT2D eigenvalue weighted by Gasteiger charge is -2.14. The number of hydrogen-bond acceptors (Lipinski definition) is 4. The molecule has 0 radical (unpaired) electrons. The van der Waals surface area contributed by atoms with Gasteiger partial charge in [-0.15, -0.1) is 11.3 Å². The van der Waals surface area contributed by atoms with Crippen LogP contribution in [-0.2, 0) is 11.0 Å². The highest BCUT2D eigenvalue weighted by molar-refractivity contribution is 7.12. The van der Waals surface area contributed by atoms with Crippen molar-refractivity contribution in [2.75, 3.05) is 0 Å². The van der Waals surface area contributed by atoms with Crippen molar-refractivity contribution in [1.82, 2.24) is 15.2 Å². The minimum absolute atomic E-state index is 0.393. The fourth-order valence-corrected chi connectivity index (χ4v) is 2.50. The van der Waals surface area contributed by atoms with Gasteiger partial charge in [0.25, 0.3) is 0 Å². The normalized spacial score (nSPS) is 14.0. The Hall–Kier alpha value is -2.16. The van der Waals surface area contributed by atoms with Crippen molar-refractivity contribution in [2.45, 2.75) is 19.1 Å². The second kappa shape index (κ2) is 6.08. The van der Waals surface area contributed by atoms with Gasteiger partial charge in [-0.25, -0.2) is 5.43 Å². The van der Waals surface area contributed by atoms with Gasteiger partial charge in [-0.1, -0.05) is 6.07 Å². The highest BCUT2D eigenvalue weighted by Gasteiger charge is 2.34. The maximum Gasteiger partial charge on any atom is 0.435 e. The van der Waals surface area contributed by atoms with Crippen molar-refractivity contribution in [3.63, 3.8) is 0 Å². The molecule has 9 heteroatoms. The number of halogens is 3. The average molecular weight is 316 g/mol. The standard InChI is InChI=1S/C12H11F3N4OS/c1-8(19-5-4-10(18-19)12(13,14)15)11(17-16-7-20)9-3-2-6-21-9/h2-8H,1H3,(H,16,20)/b17-11-. The molecule has 0 saturated heterocycles. The van der Waals surface area contributed by atoms with E-state index < -0.39 is 17.9 Å². The molecule has 0 saturated carbocycles. The van der Waals surface area contributed by atoms with Crippen molar-refractivity contribution in [2.24, 2.45) is 5.10 Å². The molecule has 112 valence electrons. The summed E-state index contributed by atoms with van der Waals surface area (Å²) < 4.78 is 38.9. The molecule has 0 bridgehead atoms. The maximum absolute atomic E-state index is 12.6. The molecule has 0 aliphatic rings. The van der Waals surface area contributed by atoms with Gasteiger partial charge in [0.05, 0.1) is 10.9 Å². The van der Waals surface area contributed by atoms with Crippen LogP contribution in [0.2, 0.25) is 0 Å². The van der Waals surface area contributed by atoms with Gasteiger partial charge in [0.1, 0.15) is 5.71 Å². The van der Waals surface area contributed by atoms with Crippen LogP contribution in [0.1, 0.15) is 23.5 Å². The Balaban J connectivity index is 2.32. The second-order valence-electron chi connectivity index (χ2n) is 4.08. The first-order chi connectivity index (χ1) is 9.93. The fraction of sp³-hybridized carbons (Fsp3) is 0.250. The van der Waals surface area contributed by atoms with Crippen LogP contribution in [0.5, 0.6) is 0 Å². The van der Waals surface area contributed by atoms with Crippen molar-refractivity contribution in [3.8, 4) is 0 Å². The molecule has 5 nitrogen and oxygen atoms in total. The summed E-state index contributed by atoms with van der Waals surface area (Å²) in [6.45, 7) is 1.65. The molecule has 2 aromatic heterocycles. The smallest absolute Gasteiger partial charge is 0.277 e. The van der Waals surface area contributed by atoms with Crippen molar-refractivity contribution < 1.29 is 18.0 Å². The number of nitrogens with zero attached hydrogens (tertiary/aromatic N) is 3. The van der Waals surface area contributed by atoms with E-state index in [9.17, 15) is 18.0 Å². The molecule has 0 aliphatic heterocycles. The lowest BCUT2D eigenvalue weighted by atomic mass is 10.2. The van der Waals surface area contributed by atoms with E-state index in [1.165, 1.54) is 17.5 Å². The molecule has 0 fully saturated rings. The van der Waals surface area contributed by atoms with Gasteiger partial charge in [-0.2, -0.15) is 23.4 Å². The number of aromatic nitrogens is 2. The van der Waals surface area contributed by atoms with E-state index in [4.69, 9.17) is 0 Å². The number of hydrogen-bond donors (Lipinski definition) is 1. The van der Waals surface area contributed by atoms with Gasteiger partial charge >= 0.3 is 6.18 Å². The minimum atomic E-state index is -4.49. The Kier molecular flexibility index (Phi) is 4.41. The average Bonchev–Trinajstić information content (AvgIpc) is 3.09. The summed E-state index contributed by atoms with van der Waals surface area (Å²) in [4.78, 5) is 11.1. The van der Waals surface area contributed by atoms with Crippen LogP contribution in [0.3, 0.4) is 0 Å². The van der Waals surface area contributed by atoms with Crippen LogP contribution >= 0.6 is 11.3 Å². The van der Waals surface area contributed by atoms with E-state index >= 15 is 0 Å². The largest absolute Gasteiger partial charge is 0.435 e. The highest BCUT2D eigenvalue weighted by Crippen LogP contribution is 2.28. The quantitative estimate of drug-likeness (QED) is 0.524. The molecule has 1 atom stereocenters. The SMILES string of the molecule is CC(/C(=N/NC=O)c1cccs1)n1ccc(C(F)(F)F)n1. The molecule has 0 aliphatic carbocycles. The predicted octanol–water partition coefficient (Wildman–Crippen LogP) is 2.67. The number of hydrazone groups is 1. The Bertz CT molecular complexity index is 633. The summed E-state index contributed by atoms with van der Waals surface area (Å²) in [6.07, 6.45) is -2.87. The van der Waals surface area contributed by atoms with Crippen LogP contribution in [0, 0.1) is 0 Å². The molecule has 1 unspecified atom stereocenters. The molecule has 1 amide bonds. The zero-order valence-corrected chi connectivity index (χ0v) is 11.6. The Morgan fingerprint density at radius 3 is 2.81 bits per heavy atom. The topological polar surface area (TPSA) is 59.3 Å². The number of rotatable bonds is 5. The fourth-order valence-electron chi connectivity index (χ4n) is 1.70. The molecular weight excluding hydrogens is 305 g/mol. The number of alkyl halides is 3. The van der Waals surface area contributed by atoms with Crippen molar-refractivity contribution in [3.05, 3.63) is 40.3 Å². The van der Waals surface area contributed by atoms with Gasteiger partial charge in [0.15, 0.2) is 5.69 Å². The van der Waals surface area contributed by atoms with E-state index in [0.29, 0.717) is 12.1 Å². The first kappa shape index (κ1) is 15.2. The summed E-state index contributed by atoms with van der Waals surface area (Å²) in [7, 11) is 0. The number of carbonyl (C=O) groups excluding carboxylic acids is 1. The monoisotopic (exact) mass is 316 g/mol. The van der Waals surface area contributed by atoms with Crippen LogP contribution in [0.4, 0.5) is 13.2 Å². The molecule has 2 rings (SSSR count). The van der Waals surface area contributed by atoms with Gasteiger partial charge in [0, 0.05) is 6.20 Å². The van der Waals surface area contributed by atoms with Crippen LogP contribution in [0.15, 0.2) is 34.9 Å². The third-order valence-corrected chi connectivity index (χ3v) is 3.60. The van der Waals surface area contributed by atoms with E-state index in [2.05, 4.69) is 15.6 Å². The minimum Gasteiger partial charge on any atom is -0.277 e. The summed E-state index contributed by atoms with van der Waals surface area (Å²) in [5.74, 6) is 0. The summed E-state index contributed by atoms with van der Waals surface area (Å²) >= 11 is 1.37. The van der Waals surface area contributed by atoms with Gasteiger partial charge in [0.2, 0.25) is 6.41 Å². The molecule has 2 heterocycles. The Labute approximate surface area is 122 Å². The third-order valence-electron chi connectivity index (χ3n) is 2.70. The molecule has 0 aromatic carbocycles. The first-order valence-corrected chi connectivity index (χ1v) is 6.74. The van der Waals surface area contributed by atoms with Crippen LogP contribution < -0.4 is 5.43 Å². The molecular formula is C12H11F3N4OS. The number of nitrogens with one attached hydrogen (secondary N) is 1. The lowest BCUT2D eigenvalue weighted by molar-refractivity contribution is -0.141. The van der Waals surface area contributed by atoms with Crippen molar-refractivity contribution in [1.29, 1.82) is 0 Å². The van der Waals surface area contributed by atoms with E-state index in [-0.39, 0.29) is 0 Å². The summed E-state index contributed by atoms with van der Waals surface area (Å²) in [6, 6.07) is 3.89. The number of amides is 1. The van der Waals surface area contributed by atoms with E-state index in [0.717, 1.165) is 15.6 Å². The summed E-state index contributed by atoms with van der Waals surface area (Å²) in [5, 5.41) is 9.23. The Morgan fingerprint density at radius 2 is 2.29 bits per heavy atom. The first-order valence-electron chi connectivity index (χ1n) is 5.86. The summed E-state index contributed by atoms with van der Waals surface area (Å²) in [5.41, 5.74) is 1.63. The zero-order valence-electron chi connectivity index (χ0n) is 10.8. The molecule has 21 heavy (non-hydrogen) atoms. The second-order valence-corrected chi connectivity index (χ2v) is 5.02. The highest BCUT2D eigenvalue weighted by atomic mass is 32.1. The number of carbonyl (C=O) groups is 1. The van der Waals surface area contributed by atoms with E-state index in [1.54, 1.807) is 19.1 Å². The maximum atomic E-state index is 12.6. The van der Waals surface area contributed by atoms with Gasteiger partial charge in [-0.05, 0) is 24.4 Å². The molecule has 1 N–H and O–H groups in total. The van der Waals surface area contributed by atoms with Gasteiger partial charge < -0.3 is 0 Å². The van der Waals surface area contributed by atoms with E-state index in [1.807, 2.05) is 5.38 Å². The van der Waals surface area contributed by atoms with Crippen molar-refractivity contribution >= 4 is 23.5 Å². The zero-order chi connectivity index (χ0) is 15.5. The Morgan fingerprint density at radius 1 is 1.52 bits per heavy atom. The van der Waals surface area contributed by atoms with Crippen LogP contribution in [-0.4, -0.2) is 21.9 Å². The third kappa shape index (κ3) is 3.48. The molecule has 0 spiro atoms. The molecule has 2 aromatic rings.